The Bertz CT molecular complexity index is 1650. The fraction of sp³-hybridized carbons (Fsp3) is 0.257. The first-order valence-electron chi connectivity index (χ1n) is 14.9. The van der Waals surface area contributed by atoms with Crippen molar-refractivity contribution >= 4 is 27.5 Å². The van der Waals surface area contributed by atoms with E-state index in [0.717, 1.165) is 17.7 Å². The number of carbonyl (C=O) groups is 2. The zero-order chi connectivity index (χ0) is 32.9. The molecule has 0 bridgehead atoms. The van der Waals surface area contributed by atoms with Gasteiger partial charge in [0.05, 0.1) is 11.0 Å². The van der Waals surface area contributed by atoms with Gasteiger partial charge in [0.25, 0.3) is 15.9 Å². The second kappa shape index (κ2) is 16.5. The summed E-state index contributed by atoms with van der Waals surface area (Å²) in [5, 5.41) is 2.96. The highest BCUT2D eigenvalue weighted by Gasteiger charge is 2.31. The third-order valence-corrected chi connectivity index (χ3v) is 8.25. The van der Waals surface area contributed by atoms with Crippen LogP contribution in [0.25, 0.3) is 0 Å². The zero-order valence-electron chi connectivity index (χ0n) is 25.8. The van der Waals surface area contributed by atoms with Crippen LogP contribution < -0.4 is 14.8 Å². The molecule has 0 saturated heterocycles. The van der Waals surface area contributed by atoms with Crippen LogP contribution in [0.2, 0.25) is 0 Å². The molecule has 0 saturated carbocycles. The van der Waals surface area contributed by atoms with Crippen LogP contribution in [0.3, 0.4) is 0 Å². The van der Waals surface area contributed by atoms with E-state index in [9.17, 15) is 22.4 Å². The lowest BCUT2D eigenvalue weighted by molar-refractivity contribution is -0.143. The van der Waals surface area contributed by atoms with Crippen LogP contribution in [0, 0.1) is 5.82 Å². The Morgan fingerprint density at radius 3 is 2.11 bits per heavy atom. The van der Waals surface area contributed by atoms with Crippen LogP contribution in [0.4, 0.5) is 10.1 Å². The van der Waals surface area contributed by atoms with Gasteiger partial charge in [0.1, 0.15) is 17.6 Å². The topological polar surface area (TPSA) is 114 Å². The third kappa shape index (κ3) is 10.1. The first-order chi connectivity index (χ1) is 22.1. The molecule has 4 rings (SSSR count). The summed E-state index contributed by atoms with van der Waals surface area (Å²) in [4.78, 5) is 28.9. The van der Waals surface area contributed by atoms with Gasteiger partial charge in [-0.2, -0.15) is 0 Å². The maximum absolute atomic E-state index is 13.8. The number of hydrogen-bond donors (Lipinski definition) is 2. The number of ether oxygens (including phenoxy) is 2. The van der Waals surface area contributed by atoms with Crippen molar-refractivity contribution in [3.05, 3.63) is 126 Å². The zero-order valence-corrected chi connectivity index (χ0v) is 26.6. The Morgan fingerprint density at radius 2 is 1.48 bits per heavy atom. The van der Waals surface area contributed by atoms with Crippen LogP contribution >= 0.6 is 0 Å². The van der Waals surface area contributed by atoms with E-state index in [-0.39, 0.29) is 34.9 Å². The highest BCUT2D eigenvalue weighted by atomic mass is 32.2. The molecule has 2 N–H and O–H groups in total. The first kappa shape index (κ1) is 34.1. The third-order valence-electron chi connectivity index (χ3n) is 6.86. The predicted octanol–water partition coefficient (Wildman–Crippen LogP) is 5.71. The Labute approximate surface area is 269 Å². The van der Waals surface area contributed by atoms with E-state index in [1.807, 2.05) is 62.4 Å². The maximum Gasteiger partial charge on any atom is 0.261 e. The normalized spacial score (nSPS) is 11.9. The molecule has 0 heterocycles. The van der Waals surface area contributed by atoms with Gasteiger partial charge in [0, 0.05) is 25.4 Å². The summed E-state index contributed by atoms with van der Waals surface area (Å²) in [7, 11) is -3.95. The maximum atomic E-state index is 13.8. The molecule has 0 unspecified atom stereocenters. The van der Waals surface area contributed by atoms with E-state index in [2.05, 4.69) is 10.0 Å². The highest BCUT2D eigenvalue weighted by molar-refractivity contribution is 7.92. The van der Waals surface area contributed by atoms with Gasteiger partial charge in [-0.3, -0.25) is 14.3 Å². The molecule has 0 spiro atoms. The highest BCUT2D eigenvalue weighted by Crippen LogP contribution is 2.25. The van der Waals surface area contributed by atoms with Crippen molar-refractivity contribution in [3.63, 3.8) is 0 Å². The molecule has 11 heteroatoms. The smallest absolute Gasteiger partial charge is 0.261 e. The lowest BCUT2D eigenvalue weighted by Crippen LogP contribution is -2.45. The monoisotopic (exact) mass is 647 g/mol. The van der Waals surface area contributed by atoms with Crippen LogP contribution in [0.15, 0.2) is 114 Å². The van der Waals surface area contributed by atoms with Gasteiger partial charge in [0.2, 0.25) is 5.91 Å². The molecule has 0 aliphatic rings. The average molecular weight is 648 g/mol. The number of amides is 2. The minimum absolute atomic E-state index is 0.0409. The van der Waals surface area contributed by atoms with Crippen molar-refractivity contribution in [2.75, 3.05) is 24.5 Å². The Morgan fingerprint density at radius 1 is 0.848 bits per heavy atom. The van der Waals surface area contributed by atoms with Gasteiger partial charge in [-0.05, 0) is 79.9 Å². The number of benzene rings is 4. The molecule has 2 amide bonds. The lowest BCUT2D eigenvalue weighted by atomic mass is 10.0. The van der Waals surface area contributed by atoms with Gasteiger partial charge in [-0.15, -0.1) is 0 Å². The Balaban J connectivity index is 1.50. The summed E-state index contributed by atoms with van der Waals surface area (Å²) >= 11 is 0. The molecular formula is C35H38FN3O6S. The van der Waals surface area contributed by atoms with E-state index in [4.69, 9.17) is 9.47 Å². The molecule has 0 aliphatic heterocycles. The molecule has 242 valence electrons. The van der Waals surface area contributed by atoms with E-state index in [1.54, 1.807) is 12.1 Å². The molecular weight excluding hydrogens is 609 g/mol. The van der Waals surface area contributed by atoms with E-state index in [1.165, 1.54) is 41.3 Å². The standard InChI is InChI=1S/C35H38FN3O6S/c1-26(2)44-23-9-22-37-35(41)34(28-12-7-4-8-13-28)39(24-27-10-5-3-6-11-27)33(40)25-45-31-18-20-32(21-19-31)46(42,43)38-30-16-14-29(36)15-17-30/h3-8,10-21,26,34,38H,9,22-25H2,1-2H3,(H,37,41)/t34-/m1/s1. The van der Waals surface area contributed by atoms with E-state index < -0.39 is 34.4 Å². The molecule has 4 aromatic rings. The second-order valence-electron chi connectivity index (χ2n) is 10.8. The van der Waals surface area contributed by atoms with Crippen LogP contribution in [-0.4, -0.2) is 51.0 Å². The summed E-state index contributed by atoms with van der Waals surface area (Å²) in [6, 6.07) is 28.0. The van der Waals surface area contributed by atoms with Gasteiger partial charge >= 0.3 is 0 Å². The number of nitrogens with zero attached hydrogens (tertiary/aromatic N) is 1. The van der Waals surface area contributed by atoms with Crippen molar-refractivity contribution in [1.29, 1.82) is 0 Å². The second-order valence-corrected chi connectivity index (χ2v) is 12.4. The number of nitrogens with one attached hydrogen (secondary N) is 2. The van der Waals surface area contributed by atoms with Gasteiger partial charge in [-0.1, -0.05) is 60.7 Å². The van der Waals surface area contributed by atoms with Gasteiger partial charge in [-0.25, -0.2) is 12.8 Å². The summed E-state index contributed by atoms with van der Waals surface area (Å²) in [5.41, 5.74) is 1.69. The van der Waals surface area contributed by atoms with Crippen molar-refractivity contribution in [2.24, 2.45) is 0 Å². The van der Waals surface area contributed by atoms with Crippen molar-refractivity contribution in [1.82, 2.24) is 10.2 Å². The lowest BCUT2D eigenvalue weighted by Gasteiger charge is -2.31. The number of halogens is 1. The predicted molar refractivity (Wildman–Crippen MR) is 174 cm³/mol. The van der Waals surface area contributed by atoms with Gasteiger partial charge < -0.3 is 19.7 Å². The number of anilines is 1. The Kier molecular flexibility index (Phi) is 12.3. The molecule has 0 aromatic heterocycles. The van der Waals surface area contributed by atoms with Crippen molar-refractivity contribution in [2.45, 2.75) is 43.9 Å². The molecule has 4 aromatic carbocycles. The SMILES string of the molecule is CC(C)OCCCNC(=O)[C@@H](c1ccccc1)N(Cc1ccccc1)C(=O)COc1ccc(S(=O)(=O)Nc2ccc(F)cc2)cc1. The minimum atomic E-state index is -3.95. The molecule has 0 fully saturated rings. The molecule has 9 nitrogen and oxygen atoms in total. The molecule has 0 aliphatic carbocycles. The number of hydrogen-bond acceptors (Lipinski definition) is 6. The minimum Gasteiger partial charge on any atom is -0.484 e. The number of rotatable bonds is 16. The summed E-state index contributed by atoms with van der Waals surface area (Å²) < 4.78 is 52.5. The number of sulfonamides is 1. The average Bonchev–Trinajstić information content (AvgIpc) is 3.05. The summed E-state index contributed by atoms with van der Waals surface area (Å²) in [6.07, 6.45) is 0.706. The summed E-state index contributed by atoms with van der Waals surface area (Å²) in [6.45, 7) is 4.52. The fourth-order valence-electron chi connectivity index (χ4n) is 4.59. The number of carbonyl (C=O) groups excluding carboxylic acids is 2. The quantitative estimate of drug-likeness (QED) is 0.151. The Hall–Kier alpha value is -4.74. The first-order valence-corrected chi connectivity index (χ1v) is 16.4. The van der Waals surface area contributed by atoms with Crippen LogP contribution in [0.1, 0.15) is 37.4 Å². The fourth-order valence-corrected chi connectivity index (χ4v) is 5.64. The van der Waals surface area contributed by atoms with Crippen LogP contribution in [0.5, 0.6) is 5.75 Å². The molecule has 46 heavy (non-hydrogen) atoms. The largest absolute Gasteiger partial charge is 0.484 e. The van der Waals surface area contributed by atoms with Crippen molar-refractivity contribution < 1.29 is 31.9 Å². The molecule has 1 atom stereocenters. The van der Waals surface area contributed by atoms with Crippen molar-refractivity contribution in [3.8, 4) is 5.75 Å². The van der Waals surface area contributed by atoms with E-state index in [0.29, 0.717) is 25.1 Å². The van der Waals surface area contributed by atoms with Crippen LogP contribution in [-0.2, 0) is 30.9 Å². The van der Waals surface area contributed by atoms with Gasteiger partial charge in [0.15, 0.2) is 6.61 Å². The van der Waals surface area contributed by atoms with E-state index >= 15 is 0 Å². The molecule has 0 radical (unpaired) electrons. The summed E-state index contributed by atoms with van der Waals surface area (Å²) in [5.74, 6) is -0.988.